The van der Waals surface area contributed by atoms with Gasteiger partial charge >= 0.3 is 5.97 Å². The van der Waals surface area contributed by atoms with Gasteiger partial charge in [0.15, 0.2) is 0 Å². The molecule has 0 radical (unpaired) electrons. The third-order valence-electron chi connectivity index (χ3n) is 1.79. The highest BCUT2D eigenvalue weighted by Gasteiger charge is 2.17. The summed E-state index contributed by atoms with van der Waals surface area (Å²) in [6.45, 7) is 1.28. The van der Waals surface area contributed by atoms with Crippen LogP contribution in [0, 0.1) is 0 Å². The number of ether oxygens (including phenoxy) is 2. The zero-order chi connectivity index (χ0) is 10.8. The van der Waals surface area contributed by atoms with E-state index in [9.17, 15) is 4.79 Å². The maximum atomic E-state index is 11.3. The third-order valence-corrected chi connectivity index (χ3v) is 2.44. The van der Waals surface area contributed by atoms with E-state index in [4.69, 9.17) is 4.74 Å². The van der Waals surface area contributed by atoms with Gasteiger partial charge in [-0.25, -0.2) is 0 Å². The van der Waals surface area contributed by atoms with E-state index < -0.39 is 0 Å². The van der Waals surface area contributed by atoms with E-state index in [-0.39, 0.29) is 12.0 Å². The van der Waals surface area contributed by atoms with E-state index in [2.05, 4.69) is 10.1 Å². The number of rotatable bonds is 8. The van der Waals surface area contributed by atoms with E-state index >= 15 is 0 Å². The second-order valence-corrected chi connectivity index (χ2v) is 3.79. The van der Waals surface area contributed by atoms with Crippen LogP contribution in [0.3, 0.4) is 0 Å². The van der Waals surface area contributed by atoms with Crippen LogP contribution in [0.4, 0.5) is 0 Å². The molecular formula is C9H19NO3S. The van der Waals surface area contributed by atoms with Crippen LogP contribution in [0.5, 0.6) is 0 Å². The van der Waals surface area contributed by atoms with Crippen molar-refractivity contribution in [1.29, 1.82) is 0 Å². The van der Waals surface area contributed by atoms with Crippen molar-refractivity contribution in [1.82, 2.24) is 5.32 Å². The van der Waals surface area contributed by atoms with E-state index in [1.165, 1.54) is 7.11 Å². The van der Waals surface area contributed by atoms with Crippen molar-refractivity contribution in [3.63, 3.8) is 0 Å². The van der Waals surface area contributed by atoms with Crippen LogP contribution in [0.15, 0.2) is 0 Å². The van der Waals surface area contributed by atoms with Gasteiger partial charge < -0.3 is 14.8 Å². The molecule has 0 fully saturated rings. The number of nitrogens with one attached hydrogen (secondary N) is 1. The zero-order valence-corrected chi connectivity index (χ0v) is 9.86. The summed E-state index contributed by atoms with van der Waals surface area (Å²) in [4.78, 5) is 11.3. The SMILES string of the molecule is COCCNC(CCSC)C(=O)OC. The van der Waals surface area contributed by atoms with Crippen LogP contribution in [0.25, 0.3) is 0 Å². The van der Waals surface area contributed by atoms with Crippen LogP contribution in [0.2, 0.25) is 0 Å². The summed E-state index contributed by atoms with van der Waals surface area (Å²) in [5, 5.41) is 3.09. The highest BCUT2D eigenvalue weighted by atomic mass is 32.2. The standard InChI is InChI=1S/C9H19NO3S/c1-12-6-5-10-8(4-7-14-3)9(11)13-2/h8,10H,4-7H2,1-3H3. The van der Waals surface area contributed by atoms with Crippen LogP contribution < -0.4 is 5.32 Å². The van der Waals surface area contributed by atoms with Gasteiger partial charge in [-0.1, -0.05) is 0 Å². The molecule has 84 valence electrons. The molecule has 0 aromatic heterocycles. The molecule has 4 nitrogen and oxygen atoms in total. The number of carbonyl (C=O) groups is 1. The summed E-state index contributed by atoms with van der Waals surface area (Å²) in [5.74, 6) is 0.745. The van der Waals surface area contributed by atoms with Gasteiger partial charge in [-0.3, -0.25) is 4.79 Å². The Bertz CT molecular complexity index is 155. The molecule has 0 heterocycles. The van der Waals surface area contributed by atoms with Gasteiger partial charge in [-0.05, 0) is 18.4 Å². The Morgan fingerprint density at radius 1 is 1.50 bits per heavy atom. The lowest BCUT2D eigenvalue weighted by atomic mass is 10.2. The first-order valence-electron chi connectivity index (χ1n) is 4.55. The molecule has 0 aliphatic rings. The predicted octanol–water partition coefficient (Wildman–Crippen LogP) is 0.517. The average Bonchev–Trinajstić information content (AvgIpc) is 2.22. The molecule has 0 spiro atoms. The lowest BCUT2D eigenvalue weighted by Gasteiger charge is -2.15. The average molecular weight is 221 g/mol. The number of hydrogen-bond donors (Lipinski definition) is 1. The fourth-order valence-electron chi connectivity index (χ4n) is 1.02. The summed E-state index contributed by atoms with van der Waals surface area (Å²) in [5.41, 5.74) is 0. The smallest absolute Gasteiger partial charge is 0.322 e. The third kappa shape index (κ3) is 6.23. The molecule has 0 aliphatic heterocycles. The minimum Gasteiger partial charge on any atom is -0.468 e. The van der Waals surface area contributed by atoms with Gasteiger partial charge in [-0.2, -0.15) is 11.8 Å². The molecule has 0 aliphatic carbocycles. The molecule has 0 aromatic carbocycles. The molecule has 1 N–H and O–H groups in total. The second kappa shape index (κ2) is 9.30. The summed E-state index contributed by atoms with van der Waals surface area (Å²) in [6, 6.07) is -0.206. The molecule has 1 unspecified atom stereocenters. The predicted molar refractivity (Wildman–Crippen MR) is 58.7 cm³/mol. The molecule has 5 heteroatoms. The Morgan fingerprint density at radius 2 is 2.21 bits per heavy atom. The monoisotopic (exact) mass is 221 g/mol. The molecule has 1 atom stereocenters. The summed E-state index contributed by atoms with van der Waals surface area (Å²) in [6.07, 6.45) is 2.81. The molecule has 0 saturated carbocycles. The lowest BCUT2D eigenvalue weighted by molar-refractivity contribution is -0.143. The van der Waals surface area contributed by atoms with Crippen molar-refractivity contribution in [3.8, 4) is 0 Å². The van der Waals surface area contributed by atoms with Crippen molar-refractivity contribution in [2.45, 2.75) is 12.5 Å². The minimum absolute atomic E-state index is 0.199. The largest absolute Gasteiger partial charge is 0.468 e. The quantitative estimate of drug-likeness (QED) is 0.478. The molecule has 0 amide bonds. The number of carbonyl (C=O) groups excluding carboxylic acids is 1. The lowest BCUT2D eigenvalue weighted by Crippen LogP contribution is -2.39. The fourth-order valence-corrected chi connectivity index (χ4v) is 1.49. The Kier molecular flexibility index (Phi) is 9.13. The normalized spacial score (nSPS) is 12.5. The number of thioether (sulfide) groups is 1. The molecular weight excluding hydrogens is 202 g/mol. The van der Waals surface area contributed by atoms with Crippen LogP contribution in [0.1, 0.15) is 6.42 Å². The minimum atomic E-state index is -0.206. The van der Waals surface area contributed by atoms with Gasteiger partial charge in [0.1, 0.15) is 6.04 Å². The number of methoxy groups -OCH3 is 2. The van der Waals surface area contributed by atoms with Gasteiger partial charge in [-0.15, -0.1) is 0 Å². The topological polar surface area (TPSA) is 47.6 Å². The summed E-state index contributed by atoms with van der Waals surface area (Å²) >= 11 is 1.72. The highest BCUT2D eigenvalue weighted by Crippen LogP contribution is 2.01. The van der Waals surface area contributed by atoms with Gasteiger partial charge in [0.05, 0.1) is 13.7 Å². The first-order chi connectivity index (χ1) is 6.76. The van der Waals surface area contributed by atoms with Crippen LogP contribution >= 0.6 is 11.8 Å². The van der Waals surface area contributed by atoms with Gasteiger partial charge in [0.2, 0.25) is 0 Å². The molecule has 0 rings (SSSR count). The van der Waals surface area contributed by atoms with E-state index in [1.54, 1.807) is 18.9 Å². The van der Waals surface area contributed by atoms with Gasteiger partial charge in [0.25, 0.3) is 0 Å². The molecule has 0 bridgehead atoms. The van der Waals surface area contributed by atoms with E-state index in [1.807, 2.05) is 6.26 Å². The van der Waals surface area contributed by atoms with Crippen molar-refractivity contribution in [2.24, 2.45) is 0 Å². The van der Waals surface area contributed by atoms with E-state index in [0.29, 0.717) is 13.2 Å². The summed E-state index contributed by atoms with van der Waals surface area (Å²) in [7, 11) is 3.04. The van der Waals surface area contributed by atoms with Crippen molar-refractivity contribution in [2.75, 3.05) is 39.4 Å². The summed E-state index contributed by atoms with van der Waals surface area (Å²) < 4.78 is 9.58. The maximum absolute atomic E-state index is 11.3. The second-order valence-electron chi connectivity index (χ2n) is 2.80. The van der Waals surface area contributed by atoms with Crippen molar-refractivity contribution in [3.05, 3.63) is 0 Å². The number of hydrogen-bond acceptors (Lipinski definition) is 5. The first kappa shape index (κ1) is 13.7. The molecule has 0 aromatic rings. The Hall–Kier alpha value is -0.260. The van der Waals surface area contributed by atoms with Crippen LogP contribution in [-0.2, 0) is 14.3 Å². The van der Waals surface area contributed by atoms with E-state index in [0.717, 1.165) is 12.2 Å². The zero-order valence-electron chi connectivity index (χ0n) is 9.04. The maximum Gasteiger partial charge on any atom is 0.322 e. The van der Waals surface area contributed by atoms with Crippen molar-refractivity contribution < 1.29 is 14.3 Å². The Morgan fingerprint density at radius 3 is 2.71 bits per heavy atom. The number of esters is 1. The van der Waals surface area contributed by atoms with Crippen LogP contribution in [-0.4, -0.2) is 51.4 Å². The highest BCUT2D eigenvalue weighted by molar-refractivity contribution is 7.98. The van der Waals surface area contributed by atoms with Crippen molar-refractivity contribution >= 4 is 17.7 Å². The first-order valence-corrected chi connectivity index (χ1v) is 5.94. The molecule has 0 saturated heterocycles. The fraction of sp³-hybridized carbons (Fsp3) is 0.889. The van der Waals surface area contributed by atoms with Gasteiger partial charge in [0, 0.05) is 13.7 Å². The molecule has 14 heavy (non-hydrogen) atoms. The Labute approximate surface area is 89.7 Å². The Balaban J connectivity index is 3.78.